The smallest absolute Gasteiger partial charge is 0.231 e. The Kier molecular flexibility index (Phi) is 1.90. The van der Waals surface area contributed by atoms with Crippen molar-refractivity contribution in [3.63, 3.8) is 0 Å². The van der Waals surface area contributed by atoms with Crippen molar-refractivity contribution in [3.8, 4) is 11.5 Å². The van der Waals surface area contributed by atoms with Gasteiger partial charge in [-0.15, -0.1) is 0 Å². The topological polar surface area (TPSA) is 18.5 Å². The molecule has 1 aliphatic rings. The van der Waals surface area contributed by atoms with Gasteiger partial charge in [0.05, 0.1) is 0 Å². The van der Waals surface area contributed by atoms with Crippen LogP contribution in [0.3, 0.4) is 0 Å². The molecule has 0 aromatic heterocycles. The van der Waals surface area contributed by atoms with Gasteiger partial charge in [-0.2, -0.15) is 0 Å². The van der Waals surface area contributed by atoms with E-state index in [-0.39, 0.29) is 0 Å². The van der Waals surface area contributed by atoms with Crippen molar-refractivity contribution in [1.82, 2.24) is 0 Å². The number of ether oxygens (including phenoxy) is 2. The van der Waals surface area contributed by atoms with Crippen molar-refractivity contribution < 1.29 is 9.47 Å². The van der Waals surface area contributed by atoms with E-state index in [4.69, 9.17) is 9.47 Å². The maximum absolute atomic E-state index is 5.34. The first-order chi connectivity index (χ1) is 5.70. The zero-order chi connectivity index (χ0) is 8.72. The summed E-state index contributed by atoms with van der Waals surface area (Å²) in [7, 11) is 0. The van der Waals surface area contributed by atoms with E-state index in [9.17, 15) is 0 Å². The van der Waals surface area contributed by atoms with E-state index < -0.39 is 0 Å². The standard InChI is InChI=1S/C9H9IO2/c1-5-6(2)9-8(3-7(5)10)11-4-12-9/h3H,4H2,1-2H3. The lowest BCUT2D eigenvalue weighted by Gasteiger charge is -2.06. The maximum atomic E-state index is 5.34. The third kappa shape index (κ3) is 1.07. The number of halogens is 1. The van der Waals surface area contributed by atoms with Crippen LogP contribution in [0.15, 0.2) is 6.07 Å². The molecule has 0 N–H and O–H groups in total. The first-order valence-electron chi connectivity index (χ1n) is 3.75. The summed E-state index contributed by atoms with van der Waals surface area (Å²) in [5.41, 5.74) is 2.47. The minimum atomic E-state index is 0.357. The van der Waals surface area contributed by atoms with Crippen molar-refractivity contribution in [2.45, 2.75) is 13.8 Å². The molecule has 64 valence electrons. The number of rotatable bonds is 0. The number of fused-ring (bicyclic) bond motifs is 1. The van der Waals surface area contributed by atoms with Crippen LogP contribution in [-0.4, -0.2) is 6.79 Å². The van der Waals surface area contributed by atoms with Crippen molar-refractivity contribution in [2.75, 3.05) is 6.79 Å². The molecule has 1 heterocycles. The molecule has 0 unspecified atom stereocenters. The average molecular weight is 276 g/mol. The third-order valence-corrected chi connectivity index (χ3v) is 3.28. The Bertz CT molecular complexity index is 334. The Balaban J connectivity index is 2.67. The van der Waals surface area contributed by atoms with Crippen molar-refractivity contribution in [3.05, 3.63) is 20.8 Å². The van der Waals surface area contributed by atoms with E-state index in [1.807, 2.05) is 6.07 Å². The van der Waals surface area contributed by atoms with Gasteiger partial charge < -0.3 is 9.47 Å². The molecule has 2 nitrogen and oxygen atoms in total. The van der Waals surface area contributed by atoms with Crippen molar-refractivity contribution >= 4 is 22.6 Å². The summed E-state index contributed by atoms with van der Waals surface area (Å²) in [6.07, 6.45) is 0. The molecule has 0 saturated heterocycles. The average Bonchev–Trinajstić information content (AvgIpc) is 2.48. The molecule has 3 heteroatoms. The molecule has 1 aromatic rings. The summed E-state index contributed by atoms with van der Waals surface area (Å²) in [6, 6.07) is 2.02. The zero-order valence-electron chi connectivity index (χ0n) is 6.98. The lowest BCUT2D eigenvalue weighted by molar-refractivity contribution is 0.173. The Morgan fingerprint density at radius 3 is 2.75 bits per heavy atom. The third-order valence-electron chi connectivity index (χ3n) is 2.16. The zero-order valence-corrected chi connectivity index (χ0v) is 9.14. The predicted octanol–water partition coefficient (Wildman–Crippen LogP) is 2.64. The van der Waals surface area contributed by atoms with Crippen LogP contribution in [0.25, 0.3) is 0 Å². The van der Waals surface area contributed by atoms with Gasteiger partial charge in [0.1, 0.15) is 0 Å². The fourth-order valence-corrected chi connectivity index (χ4v) is 1.95. The molecule has 0 aliphatic carbocycles. The van der Waals surface area contributed by atoms with E-state index in [0.29, 0.717) is 6.79 Å². The number of hydrogen-bond donors (Lipinski definition) is 0. The van der Waals surface area contributed by atoms with Gasteiger partial charge in [-0.3, -0.25) is 0 Å². The normalized spacial score (nSPS) is 13.6. The second-order valence-electron chi connectivity index (χ2n) is 2.84. The summed E-state index contributed by atoms with van der Waals surface area (Å²) in [5.74, 6) is 1.79. The molecule has 12 heavy (non-hydrogen) atoms. The minimum absolute atomic E-state index is 0.357. The fourth-order valence-electron chi connectivity index (χ4n) is 1.26. The number of hydrogen-bond acceptors (Lipinski definition) is 2. The SMILES string of the molecule is Cc1c(I)cc2c(c1C)OCO2. The maximum Gasteiger partial charge on any atom is 0.231 e. The highest BCUT2D eigenvalue weighted by molar-refractivity contribution is 14.1. The van der Waals surface area contributed by atoms with Gasteiger partial charge in [-0.25, -0.2) is 0 Å². The molecule has 0 bridgehead atoms. The summed E-state index contributed by atoms with van der Waals surface area (Å²) < 4.78 is 11.9. The van der Waals surface area contributed by atoms with Gasteiger partial charge in [0.2, 0.25) is 6.79 Å². The van der Waals surface area contributed by atoms with Crippen LogP contribution in [0.4, 0.5) is 0 Å². The second kappa shape index (κ2) is 2.80. The highest BCUT2D eigenvalue weighted by Crippen LogP contribution is 2.38. The molecule has 0 spiro atoms. The Morgan fingerprint density at radius 2 is 2.00 bits per heavy atom. The van der Waals surface area contributed by atoms with Crippen LogP contribution < -0.4 is 9.47 Å². The van der Waals surface area contributed by atoms with E-state index >= 15 is 0 Å². The largest absolute Gasteiger partial charge is 0.454 e. The highest BCUT2D eigenvalue weighted by Gasteiger charge is 2.18. The lowest BCUT2D eigenvalue weighted by atomic mass is 10.1. The minimum Gasteiger partial charge on any atom is -0.454 e. The summed E-state index contributed by atoms with van der Waals surface area (Å²) >= 11 is 2.31. The first-order valence-corrected chi connectivity index (χ1v) is 4.83. The first kappa shape index (κ1) is 8.16. The van der Waals surface area contributed by atoms with E-state index in [1.165, 1.54) is 14.7 Å². The monoisotopic (exact) mass is 276 g/mol. The lowest BCUT2D eigenvalue weighted by Crippen LogP contribution is -1.93. The van der Waals surface area contributed by atoms with Gasteiger partial charge in [0, 0.05) is 3.57 Å². The summed E-state index contributed by atoms with van der Waals surface area (Å²) in [6.45, 7) is 4.51. The molecule has 2 rings (SSSR count). The van der Waals surface area contributed by atoms with Gasteiger partial charge >= 0.3 is 0 Å². The van der Waals surface area contributed by atoms with Gasteiger partial charge in [0.15, 0.2) is 11.5 Å². The summed E-state index contributed by atoms with van der Waals surface area (Å²) in [5, 5.41) is 0. The molecule has 1 aliphatic heterocycles. The Hall–Kier alpha value is -0.450. The van der Waals surface area contributed by atoms with Crippen LogP contribution in [0, 0.1) is 17.4 Å². The molecule has 0 amide bonds. The molecular weight excluding hydrogens is 267 g/mol. The van der Waals surface area contributed by atoms with Crippen LogP contribution in [0.2, 0.25) is 0 Å². The molecule has 0 radical (unpaired) electrons. The van der Waals surface area contributed by atoms with E-state index in [0.717, 1.165) is 11.5 Å². The second-order valence-corrected chi connectivity index (χ2v) is 4.00. The van der Waals surface area contributed by atoms with E-state index in [2.05, 4.69) is 36.4 Å². The fraction of sp³-hybridized carbons (Fsp3) is 0.333. The predicted molar refractivity (Wildman–Crippen MR) is 54.8 cm³/mol. The Morgan fingerprint density at radius 1 is 1.25 bits per heavy atom. The van der Waals surface area contributed by atoms with Crippen LogP contribution in [-0.2, 0) is 0 Å². The highest BCUT2D eigenvalue weighted by atomic mass is 127. The van der Waals surface area contributed by atoms with Gasteiger partial charge in [0.25, 0.3) is 0 Å². The number of benzene rings is 1. The van der Waals surface area contributed by atoms with Crippen LogP contribution >= 0.6 is 22.6 Å². The van der Waals surface area contributed by atoms with Gasteiger partial charge in [-0.05, 0) is 53.6 Å². The van der Waals surface area contributed by atoms with Crippen LogP contribution in [0.5, 0.6) is 11.5 Å². The van der Waals surface area contributed by atoms with Crippen LogP contribution in [0.1, 0.15) is 11.1 Å². The molecule has 0 saturated carbocycles. The van der Waals surface area contributed by atoms with Gasteiger partial charge in [-0.1, -0.05) is 0 Å². The Labute approximate surface area is 85.0 Å². The summed E-state index contributed by atoms with van der Waals surface area (Å²) in [4.78, 5) is 0. The quantitative estimate of drug-likeness (QED) is 0.678. The van der Waals surface area contributed by atoms with Crippen molar-refractivity contribution in [2.24, 2.45) is 0 Å². The van der Waals surface area contributed by atoms with E-state index in [1.54, 1.807) is 0 Å². The molecule has 0 atom stereocenters. The molecular formula is C9H9IO2. The van der Waals surface area contributed by atoms with Crippen molar-refractivity contribution in [1.29, 1.82) is 0 Å². The molecule has 1 aromatic carbocycles. The molecule has 0 fully saturated rings.